The third-order valence-electron chi connectivity index (χ3n) is 6.00. The summed E-state index contributed by atoms with van der Waals surface area (Å²) in [7, 11) is 1.64. The van der Waals surface area contributed by atoms with Crippen molar-refractivity contribution < 1.29 is 14.3 Å². The van der Waals surface area contributed by atoms with E-state index in [0.29, 0.717) is 25.7 Å². The van der Waals surface area contributed by atoms with Gasteiger partial charge in [-0.3, -0.25) is 14.4 Å². The van der Waals surface area contributed by atoms with Gasteiger partial charge in [0.25, 0.3) is 5.91 Å². The van der Waals surface area contributed by atoms with Crippen molar-refractivity contribution in [3.05, 3.63) is 47.3 Å². The second-order valence-electron chi connectivity index (χ2n) is 8.03. The van der Waals surface area contributed by atoms with Crippen molar-refractivity contribution in [1.29, 1.82) is 0 Å². The number of amides is 1. The second kappa shape index (κ2) is 8.55. The van der Waals surface area contributed by atoms with Gasteiger partial charge in [-0.2, -0.15) is 5.10 Å². The van der Waals surface area contributed by atoms with Crippen LogP contribution in [0.15, 0.2) is 30.6 Å². The monoisotopic (exact) mass is 398 g/mol. The first-order chi connectivity index (χ1) is 14.1. The number of hydrogen-bond donors (Lipinski definition) is 0. The van der Waals surface area contributed by atoms with Gasteiger partial charge >= 0.3 is 0 Å². The minimum Gasteiger partial charge on any atom is -0.496 e. The lowest BCUT2D eigenvalue weighted by atomic mass is 10.0. The quantitative estimate of drug-likeness (QED) is 0.773. The fourth-order valence-electron chi connectivity index (χ4n) is 4.42. The van der Waals surface area contributed by atoms with Gasteiger partial charge < -0.3 is 14.4 Å². The number of fused-ring (bicyclic) bond motifs is 3. The largest absolute Gasteiger partial charge is 0.496 e. The van der Waals surface area contributed by atoms with E-state index in [1.165, 1.54) is 5.56 Å². The van der Waals surface area contributed by atoms with Crippen LogP contribution in [0, 0.1) is 12.8 Å². The zero-order valence-corrected chi connectivity index (χ0v) is 17.5. The highest BCUT2D eigenvalue weighted by Gasteiger charge is 2.35. The molecule has 2 fully saturated rings. The van der Waals surface area contributed by atoms with Gasteiger partial charge in [0.15, 0.2) is 0 Å². The Morgan fingerprint density at radius 3 is 2.90 bits per heavy atom. The van der Waals surface area contributed by atoms with Gasteiger partial charge in [0, 0.05) is 61.5 Å². The van der Waals surface area contributed by atoms with E-state index in [-0.39, 0.29) is 11.9 Å². The molecule has 0 saturated carbocycles. The maximum Gasteiger partial charge on any atom is 0.254 e. The van der Waals surface area contributed by atoms with Gasteiger partial charge in [0.2, 0.25) is 0 Å². The minimum atomic E-state index is 0.0824. The van der Waals surface area contributed by atoms with Gasteiger partial charge in [-0.25, -0.2) is 0 Å². The van der Waals surface area contributed by atoms with Crippen LogP contribution in [0.1, 0.15) is 28.4 Å². The predicted octanol–water partition coefficient (Wildman–Crippen LogP) is 2.19. The molecule has 0 unspecified atom stereocenters. The number of aromatic nitrogens is 2. The molecule has 0 N–H and O–H groups in total. The molecule has 2 aliphatic heterocycles. The molecule has 2 saturated heterocycles. The van der Waals surface area contributed by atoms with E-state index < -0.39 is 0 Å². The summed E-state index contributed by atoms with van der Waals surface area (Å²) in [6, 6.07) is 5.87. The molecule has 2 atom stereocenters. The molecule has 0 spiro atoms. The van der Waals surface area contributed by atoms with Crippen LogP contribution in [0.4, 0.5) is 0 Å². The summed E-state index contributed by atoms with van der Waals surface area (Å²) < 4.78 is 13.3. The Morgan fingerprint density at radius 2 is 2.14 bits per heavy atom. The Balaban J connectivity index is 1.54. The zero-order chi connectivity index (χ0) is 20.4. The average Bonchev–Trinajstić information content (AvgIpc) is 2.99. The first-order valence-electron chi connectivity index (χ1n) is 10.3. The molecule has 0 aliphatic carbocycles. The summed E-state index contributed by atoms with van der Waals surface area (Å²) >= 11 is 0. The first kappa shape index (κ1) is 19.9. The molecule has 3 heterocycles. The number of aryl methyl sites for hydroxylation is 1. The molecule has 2 aromatic rings. The third-order valence-corrected chi connectivity index (χ3v) is 6.00. The van der Waals surface area contributed by atoms with Crippen LogP contribution in [0.2, 0.25) is 0 Å². The highest BCUT2D eigenvalue weighted by Crippen LogP contribution is 2.26. The van der Waals surface area contributed by atoms with E-state index in [4.69, 9.17) is 9.47 Å². The molecular weight excluding hydrogens is 368 g/mol. The summed E-state index contributed by atoms with van der Waals surface area (Å²) in [6.07, 6.45) is 4.06. The van der Waals surface area contributed by atoms with Crippen molar-refractivity contribution in [2.45, 2.75) is 33.0 Å². The van der Waals surface area contributed by atoms with Crippen LogP contribution in [-0.2, 0) is 17.8 Å². The molecular formula is C22H30N4O3. The number of carbonyl (C=O) groups excluding carboxylic acids is 1. The zero-order valence-electron chi connectivity index (χ0n) is 17.5. The van der Waals surface area contributed by atoms with Crippen LogP contribution in [0.25, 0.3) is 0 Å². The van der Waals surface area contributed by atoms with Crippen molar-refractivity contribution >= 4 is 5.91 Å². The Morgan fingerprint density at radius 1 is 1.28 bits per heavy atom. The Hall–Kier alpha value is -2.38. The number of carbonyl (C=O) groups is 1. The number of nitrogens with zero attached hydrogens (tertiary/aromatic N) is 4. The van der Waals surface area contributed by atoms with Gasteiger partial charge in [0.1, 0.15) is 5.75 Å². The van der Waals surface area contributed by atoms with Crippen LogP contribution >= 0.6 is 0 Å². The molecule has 156 valence electrons. The van der Waals surface area contributed by atoms with E-state index in [1.54, 1.807) is 7.11 Å². The van der Waals surface area contributed by atoms with Crippen LogP contribution in [-0.4, -0.2) is 71.5 Å². The lowest BCUT2D eigenvalue weighted by molar-refractivity contribution is 0.0405. The summed E-state index contributed by atoms with van der Waals surface area (Å²) in [4.78, 5) is 17.8. The SMILES string of the molecule is CCn1cc(CN2C[C@H]3COC[C@@H]2CN(C(=O)c2cccc(OC)c2C)C3)cn1. The Kier molecular flexibility index (Phi) is 5.87. The van der Waals surface area contributed by atoms with Crippen LogP contribution in [0.3, 0.4) is 0 Å². The fourth-order valence-corrected chi connectivity index (χ4v) is 4.42. The van der Waals surface area contributed by atoms with E-state index in [1.807, 2.05) is 40.9 Å². The number of ether oxygens (including phenoxy) is 2. The average molecular weight is 399 g/mol. The highest BCUT2D eigenvalue weighted by atomic mass is 16.5. The molecule has 1 aromatic carbocycles. The predicted molar refractivity (Wildman–Crippen MR) is 110 cm³/mol. The molecule has 1 aromatic heterocycles. The molecule has 1 amide bonds. The smallest absolute Gasteiger partial charge is 0.254 e. The summed E-state index contributed by atoms with van der Waals surface area (Å²) in [5.74, 6) is 1.14. The van der Waals surface area contributed by atoms with Crippen molar-refractivity contribution in [3.63, 3.8) is 0 Å². The van der Waals surface area contributed by atoms with Crippen molar-refractivity contribution in [1.82, 2.24) is 19.6 Å². The number of hydrogen-bond acceptors (Lipinski definition) is 5. The molecule has 2 aliphatic rings. The minimum absolute atomic E-state index is 0.0824. The summed E-state index contributed by atoms with van der Waals surface area (Å²) in [6.45, 7) is 9.43. The van der Waals surface area contributed by atoms with Crippen molar-refractivity contribution in [2.75, 3.05) is 40.0 Å². The maximum absolute atomic E-state index is 13.4. The first-order valence-corrected chi connectivity index (χ1v) is 10.3. The van der Waals surface area contributed by atoms with Gasteiger partial charge in [-0.15, -0.1) is 0 Å². The van der Waals surface area contributed by atoms with E-state index in [9.17, 15) is 4.79 Å². The Labute approximate surface area is 172 Å². The highest BCUT2D eigenvalue weighted by molar-refractivity contribution is 5.96. The normalized spacial score (nSPS) is 22.4. The fraction of sp³-hybridized carbons (Fsp3) is 0.545. The molecule has 7 nitrogen and oxygen atoms in total. The van der Waals surface area contributed by atoms with Gasteiger partial charge in [-0.1, -0.05) is 6.07 Å². The lowest BCUT2D eigenvalue weighted by Gasteiger charge is -2.31. The number of rotatable bonds is 5. The van der Waals surface area contributed by atoms with E-state index in [2.05, 4.69) is 23.1 Å². The molecule has 0 radical (unpaired) electrons. The van der Waals surface area contributed by atoms with Crippen LogP contribution < -0.4 is 4.74 Å². The lowest BCUT2D eigenvalue weighted by Crippen LogP contribution is -2.45. The molecule has 29 heavy (non-hydrogen) atoms. The van der Waals surface area contributed by atoms with Gasteiger partial charge in [0.05, 0.1) is 32.6 Å². The number of methoxy groups -OCH3 is 1. The standard InChI is InChI=1S/C22H30N4O3/c1-4-26-12-17(8-23-26)9-24-10-18-11-25(13-19(24)15-29-14-18)22(27)20-6-5-7-21(28-3)16(20)2/h5-8,12,18-19H,4,9-11,13-15H2,1-3H3/t18-,19+/m1/s1. The molecule has 7 heteroatoms. The summed E-state index contributed by atoms with van der Waals surface area (Å²) in [5, 5.41) is 4.40. The maximum atomic E-state index is 13.4. The van der Waals surface area contributed by atoms with E-state index >= 15 is 0 Å². The van der Waals surface area contributed by atoms with E-state index in [0.717, 1.165) is 43.1 Å². The second-order valence-corrected chi connectivity index (χ2v) is 8.03. The molecule has 2 bridgehead atoms. The van der Waals surface area contributed by atoms with Crippen LogP contribution in [0.5, 0.6) is 5.75 Å². The topological polar surface area (TPSA) is 59.8 Å². The molecule has 4 rings (SSSR count). The van der Waals surface area contributed by atoms with Gasteiger partial charge in [-0.05, 0) is 26.0 Å². The Bertz CT molecular complexity index is 865. The summed E-state index contributed by atoms with van der Waals surface area (Å²) in [5.41, 5.74) is 2.83. The van der Waals surface area contributed by atoms with Crippen molar-refractivity contribution in [3.8, 4) is 5.75 Å². The third kappa shape index (κ3) is 4.16. The number of benzene rings is 1. The van der Waals surface area contributed by atoms with Crippen molar-refractivity contribution in [2.24, 2.45) is 5.92 Å².